The van der Waals surface area contributed by atoms with E-state index in [1.54, 1.807) is 0 Å². The molecule has 0 amide bonds. The monoisotopic (exact) mass is 217 g/mol. The van der Waals surface area contributed by atoms with Gasteiger partial charge in [-0.15, -0.1) is 0 Å². The molecule has 5 heteroatoms. The van der Waals surface area contributed by atoms with Crippen molar-refractivity contribution in [3.63, 3.8) is 0 Å². The molecule has 82 valence electrons. The summed E-state index contributed by atoms with van der Waals surface area (Å²) >= 11 is 1.36. The summed E-state index contributed by atoms with van der Waals surface area (Å²) in [6.45, 7) is 7.15. The summed E-state index contributed by atoms with van der Waals surface area (Å²) < 4.78 is 5.59. The van der Waals surface area contributed by atoms with Crippen LogP contribution in [0.1, 0.15) is 13.8 Å². The molecule has 4 nitrogen and oxygen atoms in total. The average molecular weight is 217 g/mol. The third-order valence-electron chi connectivity index (χ3n) is 2.33. The molecule has 1 atom stereocenters. The van der Waals surface area contributed by atoms with E-state index >= 15 is 0 Å². The highest BCUT2D eigenvalue weighted by Crippen LogP contribution is 2.13. The van der Waals surface area contributed by atoms with Crippen molar-refractivity contribution >= 4 is 16.9 Å². The maximum atomic E-state index is 7.12. The van der Waals surface area contributed by atoms with Gasteiger partial charge in [-0.3, -0.25) is 10.3 Å². The Morgan fingerprint density at radius 2 is 2.43 bits per heavy atom. The minimum absolute atomic E-state index is 0.176. The molecule has 0 aromatic heterocycles. The molecule has 0 spiro atoms. The number of hydrogen-bond acceptors (Lipinski definition) is 4. The molecular formula is C9H19N3OS. The van der Waals surface area contributed by atoms with Gasteiger partial charge in [0.25, 0.3) is 0 Å². The topological polar surface area (TPSA) is 62.3 Å². The number of nitrogens with two attached hydrogens (primary N) is 1. The average Bonchev–Trinajstić information content (AvgIpc) is 2.15. The quantitative estimate of drug-likeness (QED) is 0.540. The number of rotatable bonds is 3. The van der Waals surface area contributed by atoms with Crippen molar-refractivity contribution in [3.8, 4) is 0 Å². The van der Waals surface area contributed by atoms with Crippen LogP contribution in [0.2, 0.25) is 0 Å². The van der Waals surface area contributed by atoms with Gasteiger partial charge in [0.1, 0.15) is 0 Å². The number of morpholine rings is 1. The first kappa shape index (κ1) is 11.8. The van der Waals surface area contributed by atoms with Crippen LogP contribution in [0.15, 0.2) is 0 Å². The molecule has 0 saturated carbocycles. The molecule has 1 aliphatic heterocycles. The Labute approximate surface area is 89.7 Å². The van der Waals surface area contributed by atoms with E-state index in [-0.39, 0.29) is 11.3 Å². The second-order valence-electron chi connectivity index (χ2n) is 3.76. The summed E-state index contributed by atoms with van der Waals surface area (Å²) in [5, 5.41) is 7.30. The van der Waals surface area contributed by atoms with Crippen LogP contribution in [0, 0.1) is 5.41 Å². The molecule has 1 aliphatic rings. The van der Waals surface area contributed by atoms with Crippen LogP contribution in [-0.2, 0) is 4.74 Å². The molecule has 0 aliphatic carbocycles. The normalized spacial score (nSPS) is 24.1. The predicted octanol–water partition coefficient (Wildman–Crippen LogP) is 0.722. The fourth-order valence-corrected chi connectivity index (χ4v) is 2.06. The minimum Gasteiger partial charge on any atom is -0.379 e. The summed E-state index contributed by atoms with van der Waals surface area (Å²) in [4.78, 5) is 2.40. The molecule has 1 saturated heterocycles. The molecule has 1 fully saturated rings. The van der Waals surface area contributed by atoms with E-state index in [4.69, 9.17) is 15.9 Å². The summed E-state index contributed by atoms with van der Waals surface area (Å²) in [7, 11) is 0. The van der Waals surface area contributed by atoms with Gasteiger partial charge in [-0.2, -0.15) is 0 Å². The van der Waals surface area contributed by atoms with Crippen molar-refractivity contribution in [2.75, 3.05) is 25.4 Å². The Morgan fingerprint density at radius 3 is 3.00 bits per heavy atom. The zero-order valence-electron chi connectivity index (χ0n) is 8.82. The molecule has 0 aromatic rings. The van der Waals surface area contributed by atoms with Crippen LogP contribution in [-0.4, -0.2) is 47.7 Å². The number of nitrogens with zero attached hydrogens (tertiary/aromatic N) is 1. The van der Waals surface area contributed by atoms with Crippen LogP contribution in [0.5, 0.6) is 0 Å². The molecule has 0 aromatic carbocycles. The van der Waals surface area contributed by atoms with Crippen LogP contribution in [0.3, 0.4) is 0 Å². The van der Waals surface area contributed by atoms with E-state index in [0.717, 1.165) is 25.4 Å². The zero-order chi connectivity index (χ0) is 10.6. The largest absolute Gasteiger partial charge is 0.379 e. The summed E-state index contributed by atoms with van der Waals surface area (Å²) in [6, 6.07) is 0.573. The number of nitrogens with one attached hydrogen (secondary N) is 1. The van der Waals surface area contributed by atoms with E-state index in [9.17, 15) is 0 Å². The van der Waals surface area contributed by atoms with Crippen molar-refractivity contribution in [3.05, 3.63) is 0 Å². The van der Waals surface area contributed by atoms with Gasteiger partial charge in [-0.1, -0.05) is 11.8 Å². The molecule has 1 rings (SSSR count). The molecule has 1 heterocycles. The third-order valence-corrected chi connectivity index (χ3v) is 3.17. The zero-order valence-corrected chi connectivity index (χ0v) is 9.64. The molecule has 0 radical (unpaired) electrons. The van der Waals surface area contributed by atoms with Crippen LogP contribution in [0.25, 0.3) is 0 Å². The maximum absolute atomic E-state index is 7.12. The lowest BCUT2D eigenvalue weighted by Gasteiger charge is -2.35. The van der Waals surface area contributed by atoms with Gasteiger partial charge in [0, 0.05) is 24.9 Å². The number of amidine groups is 1. The predicted molar refractivity (Wildman–Crippen MR) is 60.8 cm³/mol. The van der Waals surface area contributed by atoms with Crippen LogP contribution in [0.4, 0.5) is 0 Å². The van der Waals surface area contributed by atoms with Gasteiger partial charge in [-0.05, 0) is 13.8 Å². The Balaban J connectivity index is 2.29. The standard InChI is InChI=1S/C9H19N3OS/c1-7(2)12-3-4-13-8(5-12)6-14-9(10)11/h7-8H,3-6H2,1-2H3,(H3,10,11). The lowest BCUT2D eigenvalue weighted by atomic mass is 10.2. The van der Waals surface area contributed by atoms with Crippen molar-refractivity contribution in [1.29, 1.82) is 5.41 Å². The van der Waals surface area contributed by atoms with E-state index in [1.807, 2.05) is 0 Å². The minimum atomic E-state index is 0.176. The summed E-state index contributed by atoms with van der Waals surface area (Å²) in [6.07, 6.45) is 0.222. The van der Waals surface area contributed by atoms with E-state index in [1.165, 1.54) is 11.8 Å². The summed E-state index contributed by atoms with van der Waals surface area (Å²) in [5.41, 5.74) is 5.28. The second-order valence-corrected chi connectivity index (χ2v) is 4.82. The molecule has 0 bridgehead atoms. The van der Waals surface area contributed by atoms with Crippen LogP contribution >= 0.6 is 11.8 Å². The van der Waals surface area contributed by atoms with Gasteiger partial charge in [0.15, 0.2) is 5.17 Å². The third kappa shape index (κ3) is 3.86. The van der Waals surface area contributed by atoms with E-state index in [0.29, 0.717) is 6.04 Å². The first-order chi connectivity index (χ1) is 6.59. The molecular weight excluding hydrogens is 198 g/mol. The highest BCUT2D eigenvalue weighted by atomic mass is 32.2. The van der Waals surface area contributed by atoms with Gasteiger partial charge in [-0.25, -0.2) is 0 Å². The summed E-state index contributed by atoms with van der Waals surface area (Å²) in [5.74, 6) is 0.790. The Hall–Kier alpha value is -0.260. The van der Waals surface area contributed by atoms with E-state index < -0.39 is 0 Å². The van der Waals surface area contributed by atoms with Crippen molar-refractivity contribution in [2.24, 2.45) is 5.73 Å². The number of ether oxygens (including phenoxy) is 1. The lowest BCUT2D eigenvalue weighted by molar-refractivity contribution is -0.0264. The highest BCUT2D eigenvalue weighted by Gasteiger charge is 2.22. The smallest absolute Gasteiger partial charge is 0.151 e. The van der Waals surface area contributed by atoms with Crippen molar-refractivity contribution in [2.45, 2.75) is 26.0 Å². The molecule has 14 heavy (non-hydrogen) atoms. The highest BCUT2D eigenvalue weighted by molar-refractivity contribution is 8.13. The lowest BCUT2D eigenvalue weighted by Crippen LogP contribution is -2.46. The molecule has 3 N–H and O–H groups in total. The first-order valence-electron chi connectivity index (χ1n) is 4.92. The maximum Gasteiger partial charge on any atom is 0.151 e. The van der Waals surface area contributed by atoms with Gasteiger partial charge < -0.3 is 10.5 Å². The van der Waals surface area contributed by atoms with E-state index in [2.05, 4.69) is 18.7 Å². The fourth-order valence-electron chi connectivity index (χ4n) is 1.49. The fraction of sp³-hybridized carbons (Fsp3) is 0.889. The van der Waals surface area contributed by atoms with Gasteiger partial charge in [0.2, 0.25) is 0 Å². The van der Waals surface area contributed by atoms with Crippen molar-refractivity contribution < 1.29 is 4.74 Å². The Kier molecular flexibility index (Phi) is 4.71. The van der Waals surface area contributed by atoms with Crippen molar-refractivity contribution in [1.82, 2.24) is 4.90 Å². The van der Waals surface area contributed by atoms with Gasteiger partial charge in [0.05, 0.1) is 12.7 Å². The molecule has 1 unspecified atom stereocenters. The van der Waals surface area contributed by atoms with Gasteiger partial charge >= 0.3 is 0 Å². The number of thioether (sulfide) groups is 1. The SMILES string of the molecule is CC(C)N1CCOC(CSC(=N)N)C1. The second kappa shape index (κ2) is 5.58. The first-order valence-corrected chi connectivity index (χ1v) is 5.90. The Morgan fingerprint density at radius 1 is 1.71 bits per heavy atom. The number of hydrogen-bond donors (Lipinski definition) is 2. The Bertz CT molecular complexity index is 198. The van der Waals surface area contributed by atoms with Crippen LogP contribution < -0.4 is 5.73 Å².